The van der Waals surface area contributed by atoms with Crippen molar-refractivity contribution in [3.8, 4) is 27.8 Å². The van der Waals surface area contributed by atoms with E-state index >= 15 is 0 Å². The standard InChI is InChI=1S/C24H21N3O4S2/c1-13-8-15(11-18(21(13)28)23-26-19-6-4-5-7-20(19)33-23)25-24(32)27-22(29)14-9-16(30-2)12-17(10-14)31-3/h4-12,28H,1-3H3,(H2,25,27,29,32). The van der Waals surface area contributed by atoms with Gasteiger partial charge in [0.25, 0.3) is 5.91 Å². The predicted molar refractivity (Wildman–Crippen MR) is 135 cm³/mol. The van der Waals surface area contributed by atoms with Crippen molar-refractivity contribution < 1.29 is 19.4 Å². The molecule has 1 amide bonds. The molecule has 168 valence electrons. The fourth-order valence-electron chi connectivity index (χ4n) is 3.28. The number of nitrogens with one attached hydrogen (secondary N) is 2. The molecule has 4 aromatic rings. The molecular formula is C24H21N3O4S2. The first kappa shape index (κ1) is 22.5. The Morgan fingerprint density at radius 3 is 2.42 bits per heavy atom. The number of methoxy groups -OCH3 is 2. The third-order valence-corrected chi connectivity index (χ3v) is 6.20. The molecule has 9 heteroatoms. The van der Waals surface area contributed by atoms with Crippen LogP contribution in [0, 0.1) is 6.92 Å². The second kappa shape index (κ2) is 9.43. The van der Waals surface area contributed by atoms with Crippen LogP contribution in [-0.4, -0.2) is 35.3 Å². The number of benzene rings is 3. The molecule has 0 fully saturated rings. The molecule has 0 bridgehead atoms. The van der Waals surface area contributed by atoms with Crippen LogP contribution in [-0.2, 0) is 0 Å². The molecule has 0 spiro atoms. The average molecular weight is 480 g/mol. The molecule has 7 nitrogen and oxygen atoms in total. The number of thiazole rings is 1. The van der Waals surface area contributed by atoms with Crippen LogP contribution in [0.25, 0.3) is 20.8 Å². The van der Waals surface area contributed by atoms with Crippen LogP contribution in [0.15, 0.2) is 54.6 Å². The summed E-state index contributed by atoms with van der Waals surface area (Å²) in [5.74, 6) is 0.727. The Bertz CT molecular complexity index is 1310. The topological polar surface area (TPSA) is 92.7 Å². The fraction of sp³-hybridized carbons (Fsp3) is 0.125. The van der Waals surface area contributed by atoms with E-state index in [0.717, 1.165) is 10.2 Å². The van der Waals surface area contributed by atoms with Gasteiger partial charge in [-0.25, -0.2) is 4.98 Å². The lowest BCUT2D eigenvalue weighted by Crippen LogP contribution is -2.34. The van der Waals surface area contributed by atoms with Gasteiger partial charge in [-0.05, 0) is 61.1 Å². The van der Waals surface area contributed by atoms with Gasteiger partial charge in [0.05, 0.1) is 30.0 Å². The van der Waals surface area contributed by atoms with Gasteiger partial charge in [0, 0.05) is 17.3 Å². The van der Waals surface area contributed by atoms with Gasteiger partial charge in [-0.1, -0.05) is 12.1 Å². The van der Waals surface area contributed by atoms with Gasteiger partial charge in [-0.3, -0.25) is 10.1 Å². The highest BCUT2D eigenvalue weighted by molar-refractivity contribution is 7.80. The lowest BCUT2D eigenvalue weighted by molar-refractivity contribution is 0.0977. The molecule has 0 aliphatic rings. The second-order valence-electron chi connectivity index (χ2n) is 7.19. The summed E-state index contributed by atoms with van der Waals surface area (Å²) in [5.41, 5.74) is 3.07. The number of aromatic nitrogens is 1. The first-order valence-corrected chi connectivity index (χ1v) is 11.2. The number of hydrogen-bond acceptors (Lipinski definition) is 7. The van der Waals surface area contributed by atoms with Crippen molar-refractivity contribution >= 4 is 50.5 Å². The highest BCUT2D eigenvalue weighted by atomic mass is 32.1. The monoisotopic (exact) mass is 479 g/mol. The normalized spacial score (nSPS) is 10.6. The van der Waals surface area contributed by atoms with E-state index < -0.39 is 5.91 Å². The maximum Gasteiger partial charge on any atom is 0.257 e. The van der Waals surface area contributed by atoms with Crippen molar-refractivity contribution in [3.05, 3.63) is 65.7 Å². The van der Waals surface area contributed by atoms with E-state index in [1.54, 1.807) is 37.3 Å². The number of anilines is 1. The molecular weight excluding hydrogens is 458 g/mol. The van der Waals surface area contributed by atoms with Gasteiger partial charge in [-0.15, -0.1) is 11.3 Å². The molecule has 0 aliphatic heterocycles. The Morgan fingerprint density at radius 1 is 1.06 bits per heavy atom. The van der Waals surface area contributed by atoms with E-state index in [0.29, 0.717) is 38.9 Å². The van der Waals surface area contributed by atoms with Gasteiger partial charge in [-0.2, -0.15) is 0 Å². The van der Waals surface area contributed by atoms with Crippen LogP contribution in [0.2, 0.25) is 0 Å². The van der Waals surface area contributed by atoms with E-state index in [9.17, 15) is 9.90 Å². The lowest BCUT2D eigenvalue weighted by Gasteiger charge is -2.13. The molecule has 3 aromatic carbocycles. The summed E-state index contributed by atoms with van der Waals surface area (Å²) in [6.45, 7) is 1.79. The lowest BCUT2D eigenvalue weighted by atomic mass is 10.1. The Balaban J connectivity index is 1.55. The Kier molecular flexibility index (Phi) is 6.43. The van der Waals surface area contributed by atoms with Crippen molar-refractivity contribution in [3.63, 3.8) is 0 Å². The Morgan fingerprint density at radius 2 is 1.76 bits per heavy atom. The summed E-state index contributed by atoms with van der Waals surface area (Å²) >= 11 is 6.83. The number of carbonyl (C=O) groups excluding carboxylic acids is 1. The highest BCUT2D eigenvalue weighted by Gasteiger charge is 2.16. The van der Waals surface area contributed by atoms with Crippen LogP contribution >= 0.6 is 23.6 Å². The van der Waals surface area contributed by atoms with Gasteiger partial charge in [0.15, 0.2) is 5.11 Å². The number of phenolic OH excluding ortho intramolecular Hbond substituents is 1. The molecule has 0 saturated heterocycles. The molecule has 0 radical (unpaired) electrons. The average Bonchev–Trinajstić information content (AvgIpc) is 3.24. The number of rotatable bonds is 5. The Labute approximate surface area is 200 Å². The van der Waals surface area contributed by atoms with E-state index in [2.05, 4.69) is 15.6 Å². The zero-order chi connectivity index (χ0) is 23.5. The van der Waals surface area contributed by atoms with Crippen molar-refractivity contribution in [2.45, 2.75) is 6.92 Å². The number of aryl methyl sites for hydroxylation is 1. The number of thiocarbonyl (C=S) groups is 1. The van der Waals surface area contributed by atoms with Gasteiger partial charge >= 0.3 is 0 Å². The second-order valence-corrected chi connectivity index (χ2v) is 8.62. The van der Waals surface area contributed by atoms with E-state index in [1.807, 2.05) is 24.3 Å². The zero-order valence-corrected chi connectivity index (χ0v) is 19.8. The maximum absolute atomic E-state index is 12.7. The summed E-state index contributed by atoms with van der Waals surface area (Å²) in [4.78, 5) is 17.3. The fourth-order valence-corrected chi connectivity index (χ4v) is 4.47. The summed E-state index contributed by atoms with van der Waals surface area (Å²) in [5, 5.41) is 17.1. The first-order chi connectivity index (χ1) is 15.9. The minimum atomic E-state index is -0.411. The third-order valence-electron chi connectivity index (χ3n) is 4.92. The number of aromatic hydroxyl groups is 1. The zero-order valence-electron chi connectivity index (χ0n) is 18.1. The molecule has 1 aromatic heterocycles. The number of hydrogen-bond donors (Lipinski definition) is 3. The smallest absolute Gasteiger partial charge is 0.257 e. The highest BCUT2D eigenvalue weighted by Crippen LogP contribution is 2.38. The van der Waals surface area contributed by atoms with Gasteiger partial charge in [0.2, 0.25) is 0 Å². The van der Waals surface area contributed by atoms with Crippen LogP contribution in [0.5, 0.6) is 17.2 Å². The molecule has 1 heterocycles. The maximum atomic E-state index is 12.7. The molecule has 33 heavy (non-hydrogen) atoms. The predicted octanol–water partition coefficient (Wildman–Crippen LogP) is 5.12. The van der Waals surface area contributed by atoms with Crippen LogP contribution < -0.4 is 20.1 Å². The van der Waals surface area contributed by atoms with E-state index in [-0.39, 0.29) is 10.9 Å². The minimum Gasteiger partial charge on any atom is -0.507 e. The van der Waals surface area contributed by atoms with Gasteiger partial charge < -0.3 is 19.9 Å². The summed E-state index contributed by atoms with van der Waals surface area (Å²) in [7, 11) is 3.03. The molecule has 0 atom stereocenters. The van der Waals surface area contributed by atoms with Crippen molar-refractivity contribution in [2.75, 3.05) is 19.5 Å². The van der Waals surface area contributed by atoms with Crippen molar-refractivity contribution in [2.24, 2.45) is 0 Å². The first-order valence-electron chi connectivity index (χ1n) is 9.93. The third kappa shape index (κ3) is 4.89. The van der Waals surface area contributed by atoms with E-state index in [1.165, 1.54) is 25.6 Å². The number of nitrogens with zero attached hydrogens (tertiary/aromatic N) is 1. The minimum absolute atomic E-state index is 0.113. The molecule has 3 N–H and O–H groups in total. The summed E-state index contributed by atoms with van der Waals surface area (Å²) in [6, 6.07) is 16.2. The quantitative estimate of drug-likeness (QED) is 0.270. The number of phenols is 1. The summed E-state index contributed by atoms with van der Waals surface area (Å²) < 4.78 is 11.5. The van der Waals surface area contributed by atoms with Crippen LogP contribution in [0.3, 0.4) is 0 Å². The number of para-hydroxylation sites is 1. The summed E-state index contributed by atoms with van der Waals surface area (Å²) in [6.07, 6.45) is 0. The number of amides is 1. The van der Waals surface area contributed by atoms with Crippen molar-refractivity contribution in [1.82, 2.24) is 10.3 Å². The van der Waals surface area contributed by atoms with Gasteiger partial charge in [0.1, 0.15) is 22.3 Å². The molecule has 0 saturated carbocycles. The van der Waals surface area contributed by atoms with E-state index in [4.69, 9.17) is 21.7 Å². The molecule has 4 rings (SSSR count). The molecule has 0 aliphatic carbocycles. The Hall–Kier alpha value is -3.69. The van der Waals surface area contributed by atoms with Crippen molar-refractivity contribution in [1.29, 1.82) is 0 Å². The number of carbonyl (C=O) groups is 1. The molecule has 0 unspecified atom stereocenters. The van der Waals surface area contributed by atoms with Crippen LogP contribution in [0.1, 0.15) is 15.9 Å². The number of ether oxygens (including phenoxy) is 2. The number of fused-ring (bicyclic) bond motifs is 1. The SMILES string of the molecule is COc1cc(OC)cc(C(=O)NC(=S)Nc2cc(C)c(O)c(-c3nc4ccccc4s3)c2)c1. The largest absolute Gasteiger partial charge is 0.507 e. The van der Waals surface area contributed by atoms with Crippen LogP contribution in [0.4, 0.5) is 5.69 Å².